The second-order valence-corrected chi connectivity index (χ2v) is 4.50. The van der Waals surface area contributed by atoms with E-state index in [0.29, 0.717) is 11.5 Å². The van der Waals surface area contributed by atoms with Gasteiger partial charge in [-0.1, -0.05) is 42.5 Å². The van der Waals surface area contributed by atoms with Gasteiger partial charge < -0.3 is 5.11 Å². The number of aromatic nitrogens is 2. The summed E-state index contributed by atoms with van der Waals surface area (Å²) >= 11 is 0. The number of aliphatic carboxylic acids is 1. The van der Waals surface area contributed by atoms with Crippen molar-refractivity contribution in [3.05, 3.63) is 66.5 Å². The zero-order valence-electron chi connectivity index (χ0n) is 11.1. The molecule has 0 unspecified atom stereocenters. The van der Waals surface area contributed by atoms with Crippen LogP contribution >= 0.6 is 0 Å². The predicted octanol–water partition coefficient (Wildman–Crippen LogP) is 3.39. The molecule has 4 heteroatoms. The van der Waals surface area contributed by atoms with Crippen LogP contribution in [0, 0.1) is 0 Å². The molecule has 0 amide bonds. The molecule has 0 spiro atoms. The van der Waals surface area contributed by atoms with Crippen molar-refractivity contribution in [2.24, 2.45) is 0 Å². The van der Waals surface area contributed by atoms with E-state index in [0.717, 1.165) is 22.4 Å². The van der Waals surface area contributed by atoms with Crippen LogP contribution in [0.15, 0.2) is 60.8 Å². The molecular weight excluding hydrogens is 264 g/mol. The zero-order valence-corrected chi connectivity index (χ0v) is 11.1. The SMILES string of the molecule is O=C(O)/C=C/c1ccnc(-c2cccc3ccccc23)n1. The van der Waals surface area contributed by atoms with Crippen LogP contribution in [-0.4, -0.2) is 21.0 Å². The summed E-state index contributed by atoms with van der Waals surface area (Å²) in [6, 6.07) is 15.6. The molecule has 102 valence electrons. The predicted molar refractivity (Wildman–Crippen MR) is 81.6 cm³/mol. The second-order valence-electron chi connectivity index (χ2n) is 4.50. The number of hydrogen-bond acceptors (Lipinski definition) is 3. The van der Waals surface area contributed by atoms with E-state index in [1.165, 1.54) is 6.08 Å². The maximum atomic E-state index is 10.6. The van der Waals surface area contributed by atoms with E-state index in [-0.39, 0.29) is 0 Å². The second kappa shape index (κ2) is 5.54. The molecule has 0 saturated carbocycles. The standard InChI is InChI=1S/C17H12N2O2/c20-16(21)9-8-13-10-11-18-17(19-13)15-7-3-5-12-4-1-2-6-14(12)15/h1-11H,(H,20,21)/b9-8+. The molecule has 0 aliphatic rings. The van der Waals surface area contributed by atoms with Crippen LogP contribution in [0.2, 0.25) is 0 Å². The van der Waals surface area contributed by atoms with Crippen molar-refractivity contribution in [1.82, 2.24) is 9.97 Å². The van der Waals surface area contributed by atoms with Crippen molar-refractivity contribution >= 4 is 22.8 Å². The molecule has 3 aromatic rings. The quantitative estimate of drug-likeness (QED) is 0.745. The Morgan fingerprint density at radius 3 is 2.71 bits per heavy atom. The normalized spacial score (nSPS) is 11.0. The summed E-state index contributed by atoms with van der Waals surface area (Å²) in [6.07, 6.45) is 4.15. The third-order valence-corrected chi connectivity index (χ3v) is 3.10. The van der Waals surface area contributed by atoms with Crippen molar-refractivity contribution < 1.29 is 9.90 Å². The lowest BCUT2D eigenvalue weighted by Gasteiger charge is -2.05. The van der Waals surface area contributed by atoms with E-state index in [1.807, 2.05) is 42.5 Å². The van der Waals surface area contributed by atoms with Crippen molar-refractivity contribution in [2.45, 2.75) is 0 Å². The summed E-state index contributed by atoms with van der Waals surface area (Å²) in [5, 5.41) is 10.9. The molecular formula is C17H12N2O2. The molecule has 2 aromatic carbocycles. The van der Waals surface area contributed by atoms with Gasteiger partial charge in [0.25, 0.3) is 0 Å². The number of benzene rings is 2. The van der Waals surface area contributed by atoms with Crippen molar-refractivity contribution in [2.75, 3.05) is 0 Å². The molecule has 0 atom stereocenters. The van der Waals surface area contributed by atoms with Crippen LogP contribution in [0.3, 0.4) is 0 Å². The molecule has 0 radical (unpaired) electrons. The maximum Gasteiger partial charge on any atom is 0.328 e. The molecule has 0 saturated heterocycles. The van der Waals surface area contributed by atoms with Gasteiger partial charge in [0, 0.05) is 17.8 Å². The lowest BCUT2D eigenvalue weighted by molar-refractivity contribution is -0.131. The lowest BCUT2D eigenvalue weighted by atomic mass is 10.0. The number of nitrogens with zero attached hydrogens (tertiary/aromatic N) is 2. The Balaban J connectivity index is 2.11. The van der Waals surface area contributed by atoms with Crippen LogP contribution < -0.4 is 0 Å². The molecule has 1 N–H and O–H groups in total. The minimum absolute atomic E-state index is 0.565. The van der Waals surface area contributed by atoms with Gasteiger partial charge in [0.1, 0.15) is 0 Å². The van der Waals surface area contributed by atoms with E-state index < -0.39 is 5.97 Å². The monoisotopic (exact) mass is 276 g/mol. The van der Waals surface area contributed by atoms with Gasteiger partial charge in [-0.25, -0.2) is 14.8 Å². The maximum absolute atomic E-state index is 10.6. The zero-order chi connectivity index (χ0) is 14.7. The summed E-state index contributed by atoms with van der Waals surface area (Å²) in [7, 11) is 0. The van der Waals surface area contributed by atoms with E-state index in [4.69, 9.17) is 5.11 Å². The van der Waals surface area contributed by atoms with E-state index >= 15 is 0 Å². The smallest absolute Gasteiger partial charge is 0.328 e. The van der Waals surface area contributed by atoms with Crippen molar-refractivity contribution in [1.29, 1.82) is 0 Å². The van der Waals surface area contributed by atoms with Gasteiger partial charge in [-0.3, -0.25) is 0 Å². The fourth-order valence-corrected chi connectivity index (χ4v) is 2.17. The highest BCUT2D eigenvalue weighted by molar-refractivity contribution is 5.95. The number of carboxylic acids is 1. The molecule has 0 aliphatic carbocycles. The summed E-state index contributed by atoms with van der Waals surface area (Å²) in [5.74, 6) is -0.417. The molecule has 0 bridgehead atoms. The summed E-state index contributed by atoms with van der Waals surface area (Å²) in [5.41, 5.74) is 1.49. The van der Waals surface area contributed by atoms with Gasteiger partial charge in [-0.05, 0) is 22.9 Å². The van der Waals surface area contributed by atoms with Gasteiger partial charge in [-0.2, -0.15) is 0 Å². The van der Waals surface area contributed by atoms with Crippen molar-refractivity contribution in [3.63, 3.8) is 0 Å². The molecule has 21 heavy (non-hydrogen) atoms. The van der Waals surface area contributed by atoms with Crippen LogP contribution in [0.25, 0.3) is 28.2 Å². The van der Waals surface area contributed by atoms with Crippen LogP contribution in [0.5, 0.6) is 0 Å². The summed E-state index contributed by atoms with van der Waals surface area (Å²) in [6.45, 7) is 0. The van der Waals surface area contributed by atoms with Gasteiger partial charge in [0.05, 0.1) is 5.69 Å². The Kier molecular flexibility index (Phi) is 3.43. The summed E-state index contributed by atoms with van der Waals surface area (Å²) in [4.78, 5) is 19.3. The molecule has 1 heterocycles. The topological polar surface area (TPSA) is 63.1 Å². The number of carbonyl (C=O) groups is 1. The largest absolute Gasteiger partial charge is 0.478 e. The molecule has 3 rings (SSSR count). The molecule has 4 nitrogen and oxygen atoms in total. The Hall–Kier alpha value is -3.01. The first kappa shape index (κ1) is 13.0. The number of hydrogen-bond donors (Lipinski definition) is 1. The number of fused-ring (bicyclic) bond motifs is 1. The Morgan fingerprint density at radius 1 is 1.05 bits per heavy atom. The average molecular weight is 276 g/mol. The van der Waals surface area contributed by atoms with Gasteiger partial charge in [0.2, 0.25) is 0 Å². The Labute approximate surface area is 121 Å². The van der Waals surface area contributed by atoms with Gasteiger partial charge >= 0.3 is 5.97 Å². The van der Waals surface area contributed by atoms with E-state index in [9.17, 15) is 4.79 Å². The van der Waals surface area contributed by atoms with Gasteiger partial charge in [0.15, 0.2) is 5.82 Å². The highest BCUT2D eigenvalue weighted by Crippen LogP contribution is 2.25. The lowest BCUT2D eigenvalue weighted by Crippen LogP contribution is -1.93. The fraction of sp³-hybridized carbons (Fsp3) is 0. The average Bonchev–Trinajstić information content (AvgIpc) is 2.52. The first-order valence-corrected chi connectivity index (χ1v) is 6.46. The fourth-order valence-electron chi connectivity index (χ4n) is 2.17. The molecule has 0 fully saturated rings. The highest BCUT2D eigenvalue weighted by atomic mass is 16.4. The molecule has 0 aliphatic heterocycles. The first-order valence-electron chi connectivity index (χ1n) is 6.46. The third kappa shape index (κ3) is 2.79. The highest BCUT2D eigenvalue weighted by Gasteiger charge is 2.06. The first-order chi connectivity index (χ1) is 10.2. The minimum Gasteiger partial charge on any atom is -0.478 e. The Morgan fingerprint density at radius 2 is 1.86 bits per heavy atom. The van der Waals surface area contributed by atoms with E-state index in [2.05, 4.69) is 9.97 Å². The molecule has 1 aromatic heterocycles. The van der Waals surface area contributed by atoms with Gasteiger partial charge in [-0.15, -0.1) is 0 Å². The van der Waals surface area contributed by atoms with Crippen molar-refractivity contribution in [3.8, 4) is 11.4 Å². The van der Waals surface area contributed by atoms with Crippen LogP contribution in [0.1, 0.15) is 5.69 Å². The Bertz CT molecular complexity index is 836. The number of rotatable bonds is 3. The summed E-state index contributed by atoms with van der Waals surface area (Å²) < 4.78 is 0. The number of carboxylic acid groups (broad SMARTS) is 1. The van der Waals surface area contributed by atoms with Crippen LogP contribution in [0.4, 0.5) is 0 Å². The van der Waals surface area contributed by atoms with Crippen LogP contribution in [-0.2, 0) is 4.79 Å². The minimum atomic E-state index is -1.000. The third-order valence-electron chi connectivity index (χ3n) is 3.10. The van der Waals surface area contributed by atoms with E-state index in [1.54, 1.807) is 12.3 Å².